The van der Waals surface area contributed by atoms with Crippen LogP contribution >= 0.6 is 0 Å². The molecule has 2 N–H and O–H groups in total. The van der Waals surface area contributed by atoms with Gasteiger partial charge in [-0.2, -0.15) is 0 Å². The summed E-state index contributed by atoms with van der Waals surface area (Å²) >= 11 is 0. The highest BCUT2D eigenvalue weighted by Crippen LogP contribution is 2.32. The van der Waals surface area contributed by atoms with Crippen LogP contribution in [0.15, 0.2) is 24.3 Å². The van der Waals surface area contributed by atoms with E-state index in [1.165, 1.54) is 24.0 Å². The van der Waals surface area contributed by atoms with Gasteiger partial charge in [-0.05, 0) is 44.1 Å². The van der Waals surface area contributed by atoms with E-state index in [1.54, 1.807) is 0 Å². The number of carbonyl (C=O) groups is 1. The highest BCUT2D eigenvalue weighted by Gasteiger charge is 2.34. The Bertz CT molecular complexity index is 615. The van der Waals surface area contributed by atoms with Crippen molar-refractivity contribution in [2.75, 3.05) is 32.8 Å². The van der Waals surface area contributed by atoms with E-state index in [2.05, 4.69) is 46.7 Å². The molecule has 0 aromatic heterocycles. The van der Waals surface area contributed by atoms with Crippen LogP contribution in [0.2, 0.25) is 0 Å². The zero-order chi connectivity index (χ0) is 18.6. The van der Waals surface area contributed by atoms with Crippen LogP contribution in [0, 0.1) is 12.8 Å². The first-order valence-electron chi connectivity index (χ1n) is 10.6. The fourth-order valence-corrected chi connectivity index (χ4v) is 5.02. The fraction of sp³-hybridized carbons (Fsp3) is 0.682. The van der Waals surface area contributed by atoms with Gasteiger partial charge >= 0.3 is 0 Å². The maximum atomic E-state index is 12.6. The van der Waals surface area contributed by atoms with Crippen molar-refractivity contribution >= 4 is 5.91 Å². The number of nitrogens with one attached hydrogen (secondary N) is 2. The van der Waals surface area contributed by atoms with E-state index < -0.39 is 0 Å². The minimum absolute atomic E-state index is 0.215. The van der Waals surface area contributed by atoms with Gasteiger partial charge in [0.15, 0.2) is 0 Å². The number of aryl methyl sites for hydroxylation is 1. The molecule has 1 aromatic carbocycles. The number of piperidine rings is 1. The molecule has 0 saturated carbocycles. The summed E-state index contributed by atoms with van der Waals surface area (Å²) in [6, 6.07) is 10.2. The van der Waals surface area contributed by atoms with Gasteiger partial charge in [0.05, 0.1) is 19.3 Å². The molecule has 0 aliphatic carbocycles. The van der Waals surface area contributed by atoms with Crippen LogP contribution in [0.1, 0.15) is 49.3 Å². The summed E-state index contributed by atoms with van der Waals surface area (Å²) in [6.07, 6.45) is 5.58. The lowest BCUT2D eigenvalue weighted by molar-refractivity contribution is -0.122. The van der Waals surface area contributed by atoms with Gasteiger partial charge in [-0.3, -0.25) is 9.69 Å². The predicted molar refractivity (Wildman–Crippen MR) is 107 cm³/mol. The number of nitrogens with zero attached hydrogens (tertiary/aromatic N) is 1. The lowest BCUT2D eigenvalue weighted by atomic mass is 9.89. The summed E-state index contributed by atoms with van der Waals surface area (Å²) in [7, 11) is 0. The van der Waals surface area contributed by atoms with E-state index in [0.29, 0.717) is 31.0 Å². The summed E-state index contributed by atoms with van der Waals surface area (Å²) in [5.74, 6) is 0.761. The van der Waals surface area contributed by atoms with Crippen molar-refractivity contribution in [1.29, 1.82) is 0 Å². The van der Waals surface area contributed by atoms with Gasteiger partial charge in [0.25, 0.3) is 0 Å². The van der Waals surface area contributed by atoms with Crippen molar-refractivity contribution in [1.82, 2.24) is 15.5 Å². The van der Waals surface area contributed by atoms with Gasteiger partial charge in [-0.15, -0.1) is 0 Å². The topological polar surface area (TPSA) is 53.6 Å². The van der Waals surface area contributed by atoms with E-state index >= 15 is 0 Å². The van der Waals surface area contributed by atoms with Crippen molar-refractivity contribution < 1.29 is 9.53 Å². The first-order chi connectivity index (χ1) is 13.2. The van der Waals surface area contributed by atoms with Gasteiger partial charge in [0.2, 0.25) is 5.91 Å². The minimum atomic E-state index is 0.215. The van der Waals surface area contributed by atoms with Crippen LogP contribution in [0.4, 0.5) is 0 Å². The maximum absolute atomic E-state index is 12.6. The molecule has 2 bridgehead atoms. The molecule has 3 fully saturated rings. The number of ether oxygens (including phenoxy) is 1. The minimum Gasteiger partial charge on any atom is -0.379 e. The van der Waals surface area contributed by atoms with Crippen molar-refractivity contribution in [2.45, 2.75) is 57.2 Å². The van der Waals surface area contributed by atoms with Crippen LogP contribution in [-0.2, 0) is 9.53 Å². The van der Waals surface area contributed by atoms with Gasteiger partial charge < -0.3 is 15.4 Å². The van der Waals surface area contributed by atoms with E-state index in [0.717, 1.165) is 39.1 Å². The Balaban J connectivity index is 1.34. The molecule has 4 rings (SSSR count). The first-order valence-corrected chi connectivity index (χ1v) is 10.6. The average molecular weight is 372 g/mol. The molecule has 3 aliphatic rings. The molecule has 5 heteroatoms. The van der Waals surface area contributed by atoms with Crippen LogP contribution in [0.3, 0.4) is 0 Å². The molecule has 0 spiro atoms. The third kappa shape index (κ3) is 4.89. The number of rotatable bonds is 6. The second-order valence-electron chi connectivity index (χ2n) is 8.56. The molecule has 1 amide bonds. The molecule has 5 nitrogen and oxygen atoms in total. The summed E-state index contributed by atoms with van der Waals surface area (Å²) in [5, 5.41) is 6.91. The SMILES string of the molecule is Cc1ccc(C(CNC(=O)CC2CC3CCC(C2)N3)N2CCOCC2)cc1. The molecule has 3 saturated heterocycles. The predicted octanol–water partition coefficient (Wildman–Crippen LogP) is 2.41. The zero-order valence-electron chi connectivity index (χ0n) is 16.5. The summed E-state index contributed by atoms with van der Waals surface area (Å²) in [6.45, 7) is 6.18. The summed E-state index contributed by atoms with van der Waals surface area (Å²) < 4.78 is 5.52. The van der Waals surface area contributed by atoms with Crippen molar-refractivity contribution in [3.8, 4) is 0 Å². The third-order valence-electron chi connectivity index (χ3n) is 6.49. The lowest BCUT2D eigenvalue weighted by Crippen LogP contribution is -2.44. The second-order valence-corrected chi connectivity index (χ2v) is 8.56. The van der Waals surface area contributed by atoms with E-state index in [9.17, 15) is 4.79 Å². The van der Waals surface area contributed by atoms with Crippen LogP contribution in [0.5, 0.6) is 0 Å². The summed E-state index contributed by atoms with van der Waals surface area (Å²) in [4.78, 5) is 15.1. The quantitative estimate of drug-likeness (QED) is 0.806. The number of morpholine rings is 1. The van der Waals surface area contributed by atoms with E-state index in [4.69, 9.17) is 4.74 Å². The number of carbonyl (C=O) groups excluding carboxylic acids is 1. The first kappa shape index (κ1) is 18.9. The third-order valence-corrected chi connectivity index (χ3v) is 6.49. The Morgan fingerprint density at radius 1 is 1.19 bits per heavy atom. The Labute approximate surface area is 162 Å². The highest BCUT2D eigenvalue weighted by molar-refractivity contribution is 5.76. The van der Waals surface area contributed by atoms with E-state index in [1.807, 2.05) is 0 Å². The van der Waals surface area contributed by atoms with Crippen LogP contribution < -0.4 is 10.6 Å². The summed E-state index contributed by atoms with van der Waals surface area (Å²) in [5.41, 5.74) is 2.55. The standard InChI is InChI=1S/C22H33N3O2/c1-16-2-4-18(5-3-16)21(25-8-10-27-11-9-25)15-23-22(26)14-17-12-19-6-7-20(13-17)24-19/h2-5,17,19-21,24H,6-15H2,1H3,(H,23,26). The van der Waals surface area contributed by atoms with Gasteiger partial charge in [0.1, 0.15) is 0 Å². The molecule has 3 heterocycles. The molecule has 3 atom stereocenters. The highest BCUT2D eigenvalue weighted by atomic mass is 16.5. The number of hydrogen-bond donors (Lipinski definition) is 2. The Morgan fingerprint density at radius 3 is 2.52 bits per heavy atom. The molecular formula is C22H33N3O2. The molecule has 27 heavy (non-hydrogen) atoms. The number of amides is 1. The Kier molecular flexibility index (Phi) is 6.11. The molecule has 1 aromatic rings. The van der Waals surface area contributed by atoms with Gasteiger partial charge in [-0.25, -0.2) is 0 Å². The van der Waals surface area contributed by atoms with Gasteiger partial charge in [0, 0.05) is 38.1 Å². The molecule has 3 aliphatic heterocycles. The molecule has 148 valence electrons. The normalized spacial score (nSPS) is 29.4. The van der Waals surface area contributed by atoms with Crippen LogP contribution in [0.25, 0.3) is 0 Å². The van der Waals surface area contributed by atoms with Crippen molar-refractivity contribution in [2.24, 2.45) is 5.92 Å². The van der Waals surface area contributed by atoms with Crippen molar-refractivity contribution in [3.63, 3.8) is 0 Å². The average Bonchev–Trinajstić information content (AvgIpc) is 3.02. The molecule has 3 unspecified atom stereocenters. The number of hydrogen-bond acceptors (Lipinski definition) is 4. The molecular weight excluding hydrogens is 338 g/mol. The van der Waals surface area contributed by atoms with Crippen LogP contribution in [-0.4, -0.2) is 55.7 Å². The van der Waals surface area contributed by atoms with E-state index in [-0.39, 0.29) is 11.9 Å². The number of benzene rings is 1. The van der Waals surface area contributed by atoms with Gasteiger partial charge in [-0.1, -0.05) is 29.8 Å². The number of fused-ring (bicyclic) bond motifs is 2. The fourth-order valence-electron chi connectivity index (χ4n) is 5.02. The Morgan fingerprint density at radius 2 is 1.85 bits per heavy atom. The van der Waals surface area contributed by atoms with Crippen molar-refractivity contribution in [3.05, 3.63) is 35.4 Å². The smallest absolute Gasteiger partial charge is 0.220 e. The monoisotopic (exact) mass is 371 g/mol. The second kappa shape index (κ2) is 8.72. The molecule has 0 radical (unpaired) electrons. The zero-order valence-corrected chi connectivity index (χ0v) is 16.5. The lowest BCUT2D eigenvalue weighted by Gasteiger charge is -2.35. The Hall–Kier alpha value is -1.43. The largest absolute Gasteiger partial charge is 0.379 e. The maximum Gasteiger partial charge on any atom is 0.220 e.